The summed E-state index contributed by atoms with van der Waals surface area (Å²) in [4.78, 5) is 11.2. The lowest BCUT2D eigenvalue weighted by Crippen LogP contribution is -2.32. The van der Waals surface area contributed by atoms with Crippen LogP contribution in [-0.4, -0.2) is 25.2 Å². The van der Waals surface area contributed by atoms with E-state index in [4.69, 9.17) is 4.74 Å². The Kier molecular flexibility index (Phi) is 5.69. The third-order valence-corrected chi connectivity index (χ3v) is 2.74. The molecular formula is C12H23NO2. The van der Waals surface area contributed by atoms with Gasteiger partial charge in [0, 0.05) is 6.04 Å². The first-order valence-electron chi connectivity index (χ1n) is 6.11. The summed E-state index contributed by atoms with van der Waals surface area (Å²) in [5.41, 5.74) is 0. The molecule has 1 unspecified atom stereocenters. The molecule has 1 saturated carbocycles. The van der Waals surface area contributed by atoms with Gasteiger partial charge in [-0.25, -0.2) is 0 Å². The summed E-state index contributed by atoms with van der Waals surface area (Å²) in [6, 6.07) is 0.441. The fourth-order valence-corrected chi connectivity index (χ4v) is 1.58. The molecule has 3 nitrogen and oxygen atoms in total. The second kappa shape index (κ2) is 6.83. The lowest BCUT2D eigenvalue weighted by atomic mass is 10.1. The number of rotatable bonds is 8. The lowest BCUT2D eigenvalue weighted by molar-refractivity contribution is -0.142. The summed E-state index contributed by atoms with van der Waals surface area (Å²) in [6.45, 7) is 5.15. The van der Waals surface area contributed by atoms with Crippen molar-refractivity contribution in [3.63, 3.8) is 0 Å². The fourth-order valence-electron chi connectivity index (χ4n) is 1.58. The second-order valence-corrected chi connectivity index (χ2v) is 4.54. The number of hydrogen-bond donors (Lipinski definition) is 1. The Morgan fingerprint density at radius 2 is 2.27 bits per heavy atom. The first-order valence-corrected chi connectivity index (χ1v) is 6.11. The van der Waals surface area contributed by atoms with Crippen molar-refractivity contribution in [2.24, 2.45) is 5.92 Å². The predicted octanol–water partition coefficient (Wildman–Crippen LogP) is 2.11. The van der Waals surface area contributed by atoms with Gasteiger partial charge in [0.1, 0.15) is 0 Å². The molecule has 0 aromatic heterocycles. The average Bonchev–Trinajstić information content (AvgIpc) is 2.99. The highest BCUT2D eigenvalue weighted by Gasteiger charge is 2.23. The molecule has 0 bridgehead atoms. The van der Waals surface area contributed by atoms with Gasteiger partial charge in [-0.1, -0.05) is 26.2 Å². The van der Waals surface area contributed by atoms with Crippen LogP contribution in [0.5, 0.6) is 0 Å². The Hall–Kier alpha value is -0.570. The maximum atomic E-state index is 11.2. The quantitative estimate of drug-likeness (QED) is 0.496. The summed E-state index contributed by atoms with van der Waals surface area (Å²) < 4.78 is 5.05. The molecule has 0 saturated heterocycles. The van der Waals surface area contributed by atoms with Gasteiger partial charge in [-0.15, -0.1) is 0 Å². The Morgan fingerprint density at radius 1 is 1.53 bits per heavy atom. The molecule has 3 heteroatoms. The van der Waals surface area contributed by atoms with E-state index in [0.717, 1.165) is 18.8 Å². The molecule has 15 heavy (non-hydrogen) atoms. The third kappa shape index (κ3) is 6.50. The van der Waals surface area contributed by atoms with Gasteiger partial charge >= 0.3 is 5.97 Å². The molecule has 1 atom stereocenters. The molecule has 0 aromatic carbocycles. The van der Waals surface area contributed by atoms with E-state index < -0.39 is 0 Å². The van der Waals surface area contributed by atoms with Crippen molar-refractivity contribution in [3.05, 3.63) is 0 Å². The fraction of sp³-hybridized carbons (Fsp3) is 0.917. The van der Waals surface area contributed by atoms with E-state index in [1.165, 1.54) is 19.3 Å². The standard InChI is InChI=1S/C12H23NO2/c1-3-4-7-15-12(14)9-13-10(2)8-11-5-6-11/h10-11,13H,3-9H2,1-2H3. The van der Waals surface area contributed by atoms with E-state index >= 15 is 0 Å². The average molecular weight is 213 g/mol. The van der Waals surface area contributed by atoms with Gasteiger partial charge in [0.2, 0.25) is 0 Å². The molecule has 1 aliphatic rings. The number of carbonyl (C=O) groups excluding carboxylic acids is 1. The van der Waals surface area contributed by atoms with Crippen LogP contribution in [0.25, 0.3) is 0 Å². The van der Waals surface area contributed by atoms with Crippen molar-refractivity contribution in [2.45, 2.75) is 52.0 Å². The number of esters is 1. The number of carbonyl (C=O) groups is 1. The van der Waals surface area contributed by atoms with Crippen LogP contribution in [0, 0.1) is 5.92 Å². The van der Waals surface area contributed by atoms with Gasteiger partial charge in [-0.3, -0.25) is 4.79 Å². The topological polar surface area (TPSA) is 38.3 Å². The smallest absolute Gasteiger partial charge is 0.319 e. The highest BCUT2D eigenvalue weighted by atomic mass is 16.5. The van der Waals surface area contributed by atoms with Crippen LogP contribution >= 0.6 is 0 Å². The number of unbranched alkanes of at least 4 members (excludes halogenated alkanes) is 1. The zero-order valence-corrected chi connectivity index (χ0v) is 9.92. The lowest BCUT2D eigenvalue weighted by Gasteiger charge is -2.12. The minimum Gasteiger partial charge on any atom is -0.465 e. The van der Waals surface area contributed by atoms with Gasteiger partial charge in [0.05, 0.1) is 13.2 Å². The van der Waals surface area contributed by atoms with Crippen molar-refractivity contribution in [2.75, 3.05) is 13.2 Å². The van der Waals surface area contributed by atoms with Gasteiger partial charge < -0.3 is 10.1 Å². The number of nitrogens with one attached hydrogen (secondary N) is 1. The number of ether oxygens (including phenoxy) is 1. The molecule has 0 amide bonds. The molecule has 1 rings (SSSR count). The van der Waals surface area contributed by atoms with E-state index in [0.29, 0.717) is 19.2 Å². The largest absolute Gasteiger partial charge is 0.465 e. The molecule has 0 heterocycles. The first-order chi connectivity index (χ1) is 7.22. The maximum Gasteiger partial charge on any atom is 0.319 e. The van der Waals surface area contributed by atoms with Gasteiger partial charge in [-0.2, -0.15) is 0 Å². The molecule has 0 aliphatic heterocycles. The summed E-state index contributed by atoms with van der Waals surface area (Å²) in [5, 5.41) is 3.21. The van der Waals surface area contributed by atoms with E-state index in [-0.39, 0.29) is 5.97 Å². The van der Waals surface area contributed by atoms with Crippen LogP contribution < -0.4 is 5.32 Å². The Bertz CT molecular complexity index is 190. The Balaban J connectivity index is 1.94. The highest BCUT2D eigenvalue weighted by Crippen LogP contribution is 2.33. The maximum absolute atomic E-state index is 11.2. The molecule has 1 fully saturated rings. The van der Waals surface area contributed by atoms with Crippen LogP contribution in [0.3, 0.4) is 0 Å². The van der Waals surface area contributed by atoms with E-state index in [1.807, 2.05) is 0 Å². The second-order valence-electron chi connectivity index (χ2n) is 4.54. The van der Waals surface area contributed by atoms with Crippen molar-refractivity contribution >= 4 is 5.97 Å². The third-order valence-electron chi connectivity index (χ3n) is 2.74. The first kappa shape index (κ1) is 12.5. The van der Waals surface area contributed by atoms with E-state index in [2.05, 4.69) is 19.2 Å². The molecule has 0 radical (unpaired) electrons. The highest BCUT2D eigenvalue weighted by molar-refractivity contribution is 5.71. The molecular weight excluding hydrogens is 190 g/mol. The van der Waals surface area contributed by atoms with Crippen LogP contribution in [0.1, 0.15) is 46.0 Å². The zero-order chi connectivity index (χ0) is 11.1. The summed E-state index contributed by atoms with van der Waals surface area (Å²) in [6.07, 6.45) is 5.96. The monoisotopic (exact) mass is 213 g/mol. The minimum atomic E-state index is -0.119. The minimum absolute atomic E-state index is 0.119. The molecule has 0 spiro atoms. The molecule has 0 aromatic rings. The summed E-state index contributed by atoms with van der Waals surface area (Å²) in [7, 11) is 0. The van der Waals surface area contributed by atoms with Crippen molar-refractivity contribution in [1.82, 2.24) is 5.32 Å². The SMILES string of the molecule is CCCCOC(=O)CNC(C)CC1CC1. The predicted molar refractivity (Wildman–Crippen MR) is 60.7 cm³/mol. The summed E-state index contributed by atoms with van der Waals surface area (Å²) >= 11 is 0. The normalized spacial score (nSPS) is 17.5. The van der Waals surface area contributed by atoms with E-state index in [9.17, 15) is 4.79 Å². The number of hydrogen-bond acceptors (Lipinski definition) is 3. The van der Waals surface area contributed by atoms with Gasteiger partial charge in [0.15, 0.2) is 0 Å². The summed E-state index contributed by atoms with van der Waals surface area (Å²) in [5.74, 6) is 0.787. The van der Waals surface area contributed by atoms with Crippen LogP contribution in [-0.2, 0) is 9.53 Å². The van der Waals surface area contributed by atoms with Gasteiger partial charge in [0.25, 0.3) is 0 Å². The Labute approximate surface area is 92.6 Å². The van der Waals surface area contributed by atoms with Crippen molar-refractivity contribution in [1.29, 1.82) is 0 Å². The molecule has 88 valence electrons. The van der Waals surface area contributed by atoms with Crippen molar-refractivity contribution < 1.29 is 9.53 Å². The van der Waals surface area contributed by atoms with Crippen LogP contribution in [0.2, 0.25) is 0 Å². The van der Waals surface area contributed by atoms with Gasteiger partial charge in [-0.05, 0) is 25.7 Å². The Morgan fingerprint density at radius 3 is 2.87 bits per heavy atom. The van der Waals surface area contributed by atoms with Crippen molar-refractivity contribution in [3.8, 4) is 0 Å². The van der Waals surface area contributed by atoms with Crippen LogP contribution in [0.15, 0.2) is 0 Å². The zero-order valence-electron chi connectivity index (χ0n) is 9.92. The molecule has 1 aliphatic carbocycles. The van der Waals surface area contributed by atoms with E-state index in [1.54, 1.807) is 0 Å². The van der Waals surface area contributed by atoms with Crippen LogP contribution in [0.4, 0.5) is 0 Å². The molecule has 1 N–H and O–H groups in total.